The maximum absolute atomic E-state index is 12.2. The van der Waals surface area contributed by atoms with E-state index in [1.54, 1.807) is 18.5 Å². The number of ether oxygens (including phenoxy) is 1. The first-order valence-electron chi connectivity index (χ1n) is 9.36. The Kier molecular flexibility index (Phi) is 4.78. The quantitative estimate of drug-likeness (QED) is 0.624. The van der Waals surface area contributed by atoms with E-state index in [9.17, 15) is 4.79 Å². The molecule has 1 aliphatic rings. The Morgan fingerprint density at radius 1 is 0.964 bits per heavy atom. The van der Waals surface area contributed by atoms with Crippen molar-refractivity contribution >= 4 is 17.2 Å². The minimum atomic E-state index is -0.0869. The Labute approximate surface area is 164 Å². The van der Waals surface area contributed by atoms with Gasteiger partial charge in [-0.2, -0.15) is 0 Å². The second kappa shape index (κ2) is 7.39. The number of carbonyl (C=O) groups is 1. The van der Waals surface area contributed by atoms with E-state index in [4.69, 9.17) is 4.74 Å². The minimum Gasteiger partial charge on any atom is -0.488 e. The zero-order valence-electron chi connectivity index (χ0n) is 16.1. The topological polar surface area (TPSA) is 51.6 Å². The molecule has 0 bridgehead atoms. The van der Waals surface area contributed by atoms with E-state index < -0.39 is 0 Å². The molecule has 2 aromatic carbocycles. The number of ketones is 1. The largest absolute Gasteiger partial charge is 0.488 e. The predicted molar refractivity (Wildman–Crippen MR) is 111 cm³/mol. The van der Waals surface area contributed by atoms with E-state index in [0.29, 0.717) is 17.9 Å². The molecule has 0 spiro atoms. The van der Waals surface area contributed by atoms with Gasteiger partial charge in [-0.1, -0.05) is 56.3 Å². The summed E-state index contributed by atoms with van der Waals surface area (Å²) in [6.07, 6.45) is 3.52. The number of hydrogen-bond acceptors (Lipinski definition) is 4. The fraction of sp³-hybridized carbons (Fsp3) is 0.208. The number of hydrogen-bond donors (Lipinski definition) is 0. The first-order valence-corrected chi connectivity index (χ1v) is 9.36. The average molecular weight is 370 g/mol. The first-order chi connectivity index (χ1) is 13.5. The molecule has 2 heterocycles. The molecule has 0 radical (unpaired) electrons. The summed E-state index contributed by atoms with van der Waals surface area (Å²) >= 11 is 0. The third-order valence-electron chi connectivity index (χ3n) is 5.22. The number of nitrogens with zero attached hydrogens (tertiary/aromatic N) is 2. The van der Waals surface area contributed by atoms with Crippen molar-refractivity contribution in [3.63, 3.8) is 0 Å². The molecule has 140 valence electrons. The molecule has 1 aromatic heterocycles. The van der Waals surface area contributed by atoms with E-state index in [1.807, 2.05) is 18.2 Å². The summed E-state index contributed by atoms with van der Waals surface area (Å²) in [6.45, 7) is 4.72. The van der Waals surface area contributed by atoms with E-state index >= 15 is 0 Å². The van der Waals surface area contributed by atoms with Crippen LogP contribution in [0.4, 0.5) is 5.69 Å². The molecule has 1 aliphatic heterocycles. The summed E-state index contributed by atoms with van der Waals surface area (Å²) in [5, 5.41) is 0. The van der Waals surface area contributed by atoms with Gasteiger partial charge in [0.1, 0.15) is 12.4 Å². The molecule has 0 amide bonds. The van der Waals surface area contributed by atoms with Crippen LogP contribution in [-0.2, 0) is 5.41 Å². The lowest BCUT2D eigenvalue weighted by atomic mass is 9.78. The lowest BCUT2D eigenvalue weighted by Gasteiger charge is -2.26. The Balaban J connectivity index is 1.46. The highest BCUT2D eigenvalue weighted by Crippen LogP contribution is 2.32. The summed E-state index contributed by atoms with van der Waals surface area (Å²) in [5.74, 6) is 0.825. The van der Waals surface area contributed by atoms with Crippen LogP contribution in [-0.4, -0.2) is 23.1 Å². The Morgan fingerprint density at radius 3 is 2.43 bits per heavy atom. The minimum absolute atomic E-state index is 0.0611. The highest BCUT2D eigenvalue weighted by atomic mass is 16.5. The Hall–Kier alpha value is -3.27. The van der Waals surface area contributed by atoms with E-state index in [-0.39, 0.29) is 17.6 Å². The fourth-order valence-electron chi connectivity index (χ4n) is 3.44. The van der Waals surface area contributed by atoms with Gasteiger partial charge >= 0.3 is 0 Å². The van der Waals surface area contributed by atoms with Crippen LogP contribution < -0.4 is 4.74 Å². The van der Waals surface area contributed by atoms with Crippen molar-refractivity contribution in [2.24, 2.45) is 4.99 Å². The molecule has 0 fully saturated rings. The number of rotatable bonds is 5. The van der Waals surface area contributed by atoms with Gasteiger partial charge < -0.3 is 4.74 Å². The molecule has 3 aromatic rings. The molecule has 0 unspecified atom stereocenters. The maximum atomic E-state index is 12.2. The van der Waals surface area contributed by atoms with Gasteiger partial charge in [0.2, 0.25) is 0 Å². The van der Waals surface area contributed by atoms with Gasteiger partial charge in [-0.05, 0) is 29.3 Å². The van der Waals surface area contributed by atoms with E-state index in [1.165, 1.54) is 11.1 Å². The van der Waals surface area contributed by atoms with E-state index in [2.05, 4.69) is 60.2 Å². The van der Waals surface area contributed by atoms with E-state index in [0.717, 1.165) is 11.5 Å². The first kappa shape index (κ1) is 18.1. The van der Waals surface area contributed by atoms with Crippen LogP contribution in [0.3, 0.4) is 0 Å². The third-order valence-corrected chi connectivity index (χ3v) is 5.22. The summed E-state index contributed by atoms with van der Waals surface area (Å²) in [7, 11) is 0. The molecular formula is C24H22N2O2. The highest BCUT2D eigenvalue weighted by molar-refractivity contribution is 6.16. The van der Waals surface area contributed by atoms with Gasteiger partial charge in [0.05, 0.1) is 24.0 Å². The Morgan fingerprint density at radius 2 is 1.68 bits per heavy atom. The second-order valence-electron chi connectivity index (χ2n) is 7.47. The molecule has 0 aliphatic carbocycles. The standard InChI is InChI=1S/C24H22N2O2/c1-24(2,17-6-4-3-5-7-17)18-8-10-20(11-9-18)28-16-19-14-23(27)21-12-13-25-15-22(21)26-19/h3-13,15H,14,16H2,1-2H3. The number of Topliss-reactive ketones (excluding diaryl/α,β-unsaturated/α-hetero) is 1. The number of carbonyl (C=O) groups excluding carboxylic acids is 1. The van der Waals surface area contributed by atoms with Crippen molar-refractivity contribution in [3.05, 3.63) is 89.7 Å². The second-order valence-corrected chi connectivity index (χ2v) is 7.47. The SMILES string of the molecule is CC(C)(c1ccccc1)c1ccc(OCC2=Nc3cnccc3C(=O)C2)cc1. The zero-order chi connectivity index (χ0) is 19.6. The molecule has 28 heavy (non-hydrogen) atoms. The number of pyridine rings is 1. The van der Waals surface area contributed by atoms with Gasteiger partial charge in [0.15, 0.2) is 5.78 Å². The summed E-state index contributed by atoms with van der Waals surface area (Å²) in [4.78, 5) is 20.8. The number of aromatic nitrogens is 1. The van der Waals surface area contributed by atoms with Crippen LogP contribution in [0.15, 0.2) is 78.0 Å². The van der Waals surface area contributed by atoms with Crippen molar-refractivity contribution in [2.45, 2.75) is 25.7 Å². The van der Waals surface area contributed by atoms with Crippen molar-refractivity contribution < 1.29 is 9.53 Å². The van der Waals surface area contributed by atoms with Crippen molar-refractivity contribution in [1.82, 2.24) is 4.98 Å². The van der Waals surface area contributed by atoms with Crippen LogP contribution in [0.25, 0.3) is 0 Å². The summed E-state index contributed by atoms with van der Waals surface area (Å²) in [5.41, 5.74) is 4.38. The summed E-state index contributed by atoms with van der Waals surface area (Å²) in [6, 6.07) is 20.3. The monoisotopic (exact) mass is 370 g/mol. The van der Waals surface area contributed by atoms with Crippen molar-refractivity contribution in [3.8, 4) is 5.75 Å². The summed E-state index contributed by atoms with van der Waals surface area (Å²) < 4.78 is 5.88. The van der Waals surface area contributed by atoms with Gasteiger partial charge in [0, 0.05) is 17.2 Å². The van der Waals surface area contributed by atoms with Crippen LogP contribution in [0.2, 0.25) is 0 Å². The fourth-order valence-corrected chi connectivity index (χ4v) is 3.44. The molecule has 0 atom stereocenters. The maximum Gasteiger partial charge on any atom is 0.170 e. The normalized spacial score (nSPS) is 13.6. The van der Waals surface area contributed by atoms with Crippen LogP contribution in [0, 0.1) is 0 Å². The van der Waals surface area contributed by atoms with Crippen LogP contribution >= 0.6 is 0 Å². The molecule has 4 heteroatoms. The molecule has 4 rings (SSSR count). The zero-order valence-corrected chi connectivity index (χ0v) is 16.1. The average Bonchev–Trinajstić information content (AvgIpc) is 2.73. The smallest absolute Gasteiger partial charge is 0.170 e. The van der Waals surface area contributed by atoms with Gasteiger partial charge in [-0.25, -0.2) is 0 Å². The van der Waals surface area contributed by atoms with Gasteiger partial charge in [-0.15, -0.1) is 0 Å². The van der Waals surface area contributed by atoms with Crippen LogP contribution in [0.1, 0.15) is 41.8 Å². The number of aliphatic imine (C=N–C) groups is 1. The van der Waals surface area contributed by atoms with Crippen molar-refractivity contribution in [1.29, 1.82) is 0 Å². The van der Waals surface area contributed by atoms with Gasteiger partial charge in [-0.3, -0.25) is 14.8 Å². The number of benzene rings is 2. The lowest BCUT2D eigenvalue weighted by Crippen LogP contribution is -2.20. The highest BCUT2D eigenvalue weighted by Gasteiger charge is 2.23. The van der Waals surface area contributed by atoms with Crippen molar-refractivity contribution in [2.75, 3.05) is 6.61 Å². The molecule has 0 saturated carbocycles. The third kappa shape index (κ3) is 3.58. The molecule has 4 nitrogen and oxygen atoms in total. The molecule has 0 N–H and O–H groups in total. The van der Waals surface area contributed by atoms with Gasteiger partial charge in [0.25, 0.3) is 0 Å². The Bertz CT molecular complexity index is 1020. The van der Waals surface area contributed by atoms with Crippen LogP contribution in [0.5, 0.6) is 5.75 Å². The number of fused-ring (bicyclic) bond motifs is 1. The predicted octanol–water partition coefficient (Wildman–Crippen LogP) is 5.15. The molecule has 0 saturated heterocycles. The lowest BCUT2D eigenvalue weighted by molar-refractivity contribution is 0.0998. The molecular weight excluding hydrogens is 348 g/mol.